The zero-order chi connectivity index (χ0) is 23.3. The van der Waals surface area contributed by atoms with Crippen molar-refractivity contribution >= 4 is 23.8 Å². The molecular formula is C25H32O7. The summed E-state index contributed by atoms with van der Waals surface area (Å²) in [6, 6.07) is 0. The molecule has 4 unspecified atom stereocenters. The van der Waals surface area contributed by atoms with Crippen molar-refractivity contribution in [1.29, 1.82) is 0 Å². The fourth-order valence-corrected chi connectivity index (χ4v) is 7.30. The third-order valence-corrected chi connectivity index (χ3v) is 8.94. The molecule has 4 aliphatic rings. The molecule has 3 fully saturated rings. The number of esters is 1. The second kappa shape index (κ2) is 8.03. The molecule has 0 spiro atoms. The molecule has 4 aliphatic carbocycles. The van der Waals surface area contributed by atoms with E-state index in [0.717, 1.165) is 18.4 Å². The number of aldehydes is 1. The van der Waals surface area contributed by atoms with Gasteiger partial charge in [0.05, 0.1) is 12.5 Å². The van der Waals surface area contributed by atoms with Crippen LogP contribution in [0.15, 0.2) is 23.8 Å². The summed E-state index contributed by atoms with van der Waals surface area (Å²) in [4.78, 5) is 47.1. The first kappa shape index (κ1) is 23.1. The monoisotopic (exact) mass is 444 g/mol. The molecule has 4 rings (SSSR count). The number of allylic oxidation sites excluding steroid dienone is 4. The van der Waals surface area contributed by atoms with Crippen LogP contribution >= 0.6 is 0 Å². The summed E-state index contributed by atoms with van der Waals surface area (Å²) in [5.74, 6) is -1.13. The zero-order valence-electron chi connectivity index (χ0n) is 18.7. The number of carbonyl (C=O) groups excluding carboxylic acids is 4. The van der Waals surface area contributed by atoms with Gasteiger partial charge >= 0.3 is 5.97 Å². The normalized spacial score (nSPS) is 42.4. The van der Waals surface area contributed by atoms with Crippen LogP contribution in [0.3, 0.4) is 0 Å². The molecule has 0 aliphatic heterocycles. The molecule has 0 saturated heterocycles. The maximum atomic E-state index is 13.1. The van der Waals surface area contributed by atoms with Crippen molar-refractivity contribution in [3.8, 4) is 0 Å². The quantitative estimate of drug-likeness (QED) is 0.476. The summed E-state index contributed by atoms with van der Waals surface area (Å²) >= 11 is 0. The lowest BCUT2D eigenvalue weighted by Gasteiger charge is -2.59. The number of aliphatic hydroxyl groups excluding tert-OH is 1. The highest BCUT2D eigenvalue weighted by Crippen LogP contribution is 2.67. The summed E-state index contributed by atoms with van der Waals surface area (Å²) in [5, 5.41) is 22.9. The van der Waals surface area contributed by atoms with E-state index < -0.39 is 40.9 Å². The smallest absolute Gasteiger partial charge is 0.306 e. The van der Waals surface area contributed by atoms with Crippen molar-refractivity contribution in [3.63, 3.8) is 0 Å². The van der Waals surface area contributed by atoms with Gasteiger partial charge in [0.25, 0.3) is 0 Å². The standard InChI is InChI=1S/C25H32O7/c1-23-9-7-16(27)12-15(23)5-6-17-18-8-10-25(31,24(18,2)13-19(28)22(17)23)20(29)14-32-21(30)4-3-11-26/h7,9,11-12,17-19,22,28,31H,3-6,8,10,13-14H2,1-2H3/t17?,18?,19?,22?,23-,24-,25-/m0/s1. The van der Waals surface area contributed by atoms with Gasteiger partial charge in [-0.1, -0.05) is 25.5 Å². The maximum Gasteiger partial charge on any atom is 0.306 e. The molecule has 7 atom stereocenters. The molecule has 0 amide bonds. The number of rotatable bonds is 6. The molecule has 3 saturated carbocycles. The van der Waals surface area contributed by atoms with Gasteiger partial charge in [0.15, 0.2) is 12.4 Å². The van der Waals surface area contributed by atoms with E-state index in [4.69, 9.17) is 4.74 Å². The minimum Gasteiger partial charge on any atom is -0.458 e. The van der Waals surface area contributed by atoms with Crippen LogP contribution in [0.25, 0.3) is 0 Å². The molecule has 7 heteroatoms. The summed E-state index contributed by atoms with van der Waals surface area (Å²) in [7, 11) is 0. The summed E-state index contributed by atoms with van der Waals surface area (Å²) in [5.41, 5.74) is -1.85. The third kappa shape index (κ3) is 3.32. The highest BCUT2D eigenvalue weighted by atomic mass is 16.5. The molecular weight excluding hydrogens is 412 g/mol. The van der Waals surface area contributed by atoms with Crippen molar-refractivity contribution in [2.24, 2.45) is 28.6 Å². The van der Waals surface area contributed by atoms with Crippen molar-refractivity contribution in [1.82, 2.24) is 0 Å². The Morgan fingerprint density at radius 1 is 1.28 bits per heavy atom. The van der Waals surface area contributed by atoms with Crippen LogP contribution in [-0.2, 0) is 23.9 Å². The lowest BCUT2D eigenvalue weighted by molar-refractivity contribution is -0.181. The van der Waals surface area contributed by atoms with Crippen LogP contribution in [0.2, 0.25) is 0 Å². The van der Waals surface area contributed by atoms with E-state index in [1.54, 1.807) is 12.2 Å². The van der Waals surface area contributed by atoms with E-state index in [-0.39, 0.29) is 49.2 Å². The molecule has 32 heavy (non-hydrogen) atoms. The Bertz CT molecular complexity index is 904. The fraction of sp³-hybridized carbons (Fsp3) is 0.680. The lowest BCUT2D eigenvalue weighted by atomic mass is 9.46. The molecule has 0 aromatic carbocycles. The minimum atomic E-state index is -1.68. The highest BCUT2D eigenvalue weighted by molar-refractivity contribution is 6.01. The number of fused-ring (bicyclic) bond motifs is 5. The number of ketones is 2. The van der Waals surface area contributed by atoms with Crippen LogP contribution in [0.1, 0.15) is 58.8 Å². The first-order valence-corrected chi connectivity index (χ1v) is 11.5. The first-order chi connectivity index (χ1) is 15.1. The molecule has 0 heterocycles. The van der Waals surface area contributed by atoms with Crippen molar-refractivity contribution in [2.45, 2.75) is 70.5 Å². The van der Waals surface area contributed by atoms with E-state index in [9.17, 15) is 29.4 Å². The van der Waals surface area contributed by atoms with E-state index in [1.165, 1.54) is 0 Å². The Hall–Kier alpha value is -2.12. The number of carbonyl (C=O) groups is 4. The minimum absolute atomic E-state index is 0.0189. The maximum absolute atomic E-state index is 13.1. The number of aliphatic hydroxyl groups is 2. The lowest BCUT2D eigenvalue weighted by Crippen LogP contribution is -2.61. The summed E-state index contributed by atoms with van der Waals surface area (Å²) < 4.78 is 5.02. The van der Waals surface area contributed by atoms with Gasteiger partial charge in [0.2, 0.25) is 5.78 Å². The van der Waals surface area contributed by atoms with Crippen molar-refractivity contribution in [2.75, 3.05) is 6.61 Å². The predicted molar refractivity (Wildman–Crippen MR) is 114 cm³/mol. The Labute approximate surface area is 187 Å². The molecule has 2 N–H and O–H groups in total. The fourth-order valence-electron chi connectivity index (χ4n) is 7.30. The average Bonchev–Trinajstić information content (AvgIpc) is 3.02. The molecule has 0 aromatic heterocycles. The van der Waals surface area contributed by atoms with Crippen LogP contribution in [-0.4, -0.2) is 52.3 Å². The van der Waals surface area contributed by atoms with Gasteiger partial charge in [-0.3, -0.25) is 14.4 Å². The van der Waals surface area contributed by atoms with Gasteiger partial charge in [-0.15, -0.1) is 0 Å². The number of hydrogen-bond donors (Lipinski definition) is 2. The molecule has 174 valence electrons. The first-order valence-electron chi connectivity index (χ1n) is 11.5. The topological polar surface area (TPSA) is 118 Å². The van der Waals surface area contributed by atoms with Gasteiger partial charge in [-0.2, -0.15) is 0 Å². The Balaban J connectivity index is 1.56. The number of Topliss-reactive ketones (excluding diaryl/α,β-unsaturated/α-hetero) is 1. The van der Waals surface area contributed by atoms with Crippen LogP contribution in [0.4, 0.5) is 0 Å². The van der Waals surface area contributed by atoms with Gasteiger partial charge in [0, 0.05) is 23.2 Å². The van der Waals surface area contributed by atoms with Gasteiger partial charge in [0.1, 0.15) is 11.9 Å². The van der Waals surface area contributed by atoms with E-state index >= 15 is 0 Å². The third-order valence-electron chi connectivity index (χ3n) is 8.94. The van der Waals surface area contributed by atoms with Crippen molar-refractivity contribution < 1.29 is 34.1 Å². The molecule has 0 bridgehead atoms. The van der Waals surface area contributed by atoms with Crippen LogP contribution < -0.4 is 0 Å². The van der Waals surface area contributed by atoms with E-state index in [0.29, 0.717) is 12.7 Å². The van der Waals surface area contributed by atoms with E-state index in [2.05, 4.69) is 6.92 Å². The van der Waals surface area contributed by atoms with Crippen LogP contribution in [0, 0.1) is 28.6 Å². The van der Waals surface area contributed by atoms with Crippen molar-refractivity contribution in [3.05, 3.63) is 23.8 Å². The Morgan fingerprint density at radius 2 is 2.03 bits per heavy atom. The highest BCUT2D eigenvalue weighted by Gasteiger charge is 2.68. The van der Waals surface area contributed by atoms with Gasteiger partial charge < -0.3 is 19.7 Å². The van der Waals surface area contributed by atoms with Gasteiger partial charge in [-0.05, 0) is 56.1 Å². The molecule has 0 radical (unpaired) electrons. The largest absolute Gasteiger partial charge is 0.458 e. The average molecular weight is 445 g/mol. The molecule has 7 nitrogen and oxygen atoms in total. The SMILES string of the molecule is C[C@]12C=CC(=O)C=C1CCC1C2C(O)C[C@@]2(C)C1CC[C@]2(O)C(=O)COC(=O)CCC=O. The Morgan fingerprint density at radius 3 is 2.75 bits per heavy atom. The number of hydrogen-bond acceptors (Lipinski definition) is 7. The second-order valence-corrected chi connectivity index (χ2v) is 10.4. The van der Waals surface area contributed by atoms with Crippen LogP contribution in [0.5, 0.6) is 0 Å². The zero-order valence-corrected chi connectivity index (χ0v) is 18.7. The predicted octanol–water partition coefficient (Wildman–Crippen LogP) is 2.09. The summed E-state index contributed by atoms with van der Waals surface area (Å²) in [6.45, 7) is 3.43. The summed E-state index contributed by atoms with van der Waals surface area (Å²) in [6.07, 6.45) is 7.77. The van der Waals surface area contributed by atoms with E-state index in [1.807, 2.05) is 13.0 Å². The van der Waals surface area contributed by atoms with Gasteiger partial charge in [-0.25, -0.2) is 0 Å². The Kier molecular flexibility index (Phi) is 5.78. The number of ether oxygens (including phenoxy) is 1. The second-order valence-electron chi connectivity index (χ2n) is 10.4. The molecule has 0 aromatic rings.